The monoisotopic (exact) mass is 195 g/mol. The van der Waals surface area contributed by atoms with Gasteiger partial charge >= 0.3 is 0 Å². The van der Waals surface area contributed by atoms with Crippen LogP contribution in [0, 0.1) is 0 Å². The number of anilines is 1. The van der Waals surface area contributed by atoms with Crippen molar-refractivity contribution >= 4 is 5.95 Å². The molecule has 0 aliphatic carbocycles. The quantitative estimate of drug-likeness (QED) is 0.765. The number of hydrogen-bond donors (Lipinski definition) is 1. The van der Waals surface area contributed by atoms with Gasteiger partial charge in [-0.3, -0.25) is 0 Å². The van der Waals surface area contributed by atoms with Gasteiger partial charge in [-0.1, -0.05) is 0 Å². The van der Waals surface area contributed by atoms with Gasteiger partial charge in [0, 0.05) is 6.61 Å². The predicted molar refractivity (Wildman–Crippen MR) is 50.9 cm³/mol. The number of ether oxygens (including phenoxy) is 2. The van der Waals surface area contributed by atoms with Gasteiger partial charge in [0.1, 0.15) is 6.61 Å². The smallest absolute Gasteiger partial charge is 0.220 e. The minimum atomic E-state index is 0.215. The Morgan fingerprint density at radius 2 is 2.29 bits per heavy atom. The van der Waals surface area contributed by atoms with Crippen LogP contribution in [0.5, 0.6) is 5.75 Å². The van der Waals surface area contributed by atoms with E-state index in [-0.39, 0.29) is 12.1 Å². The van der Waals surface area contributed by atoms with Crippen molar-refractivity contribution in [3.05, 3.63) is 12.4 Å². The summed E-state index contributed by atoms with van der Waals surface area (Å²) in [5.41, 5.74) is 5.34. The van der Waals surface area contributed by atoms with Crippen molar-refractivity contribution in [1.82, 2.24) is 9.97 Å². The normalized spacial score (nSPS) is 21.0. The van der Waals surface area contributed by atoms with Crippen LogP contribution in [-0.4, -0.2) is 29.3 Å². The Morgan fingerprint density at radius 3 is 2.93 bits per heavy atom. The van der Waals surface area contributed by atoms with Gasteiger partial charge in [-0.2, -0.15) is 0 Å². The molecular weight excluding hydrogens is 182 g/mol. The van der Waals surface area contributed by atoms with E-state index in [4.69, 9.17) is 15.2 Å². The molecule has 1 unspecified atom stereocenters. The molecule has 1 fully saturated rings. The zero-order chi connectivity index (χ0) is 9.80. The molecule has 1 aromatic rings. The number of hydrogen-bond acceptors (Lipinski definition) is 5. The highest BCUT2D eigenvalue weighted by atomic mass is 16.5. The van der Waals surface area contributed by atoms with Gasteiger partial charge in [0.05, 0.1) is 18.5 Å². The van der Waals surface area contributed by atoms with Gasteiger partial charge in [-0.25, -0.2) is 9.97 Å². The number of nitrogen functional groups attached to an aromatic ring is 1. The third-order valence-electron chi connectivity index (χ3n) is 2.11. The summed E-state index contributed by atoms with van der Waals surface area (Å²) >= 11 is 0. The second kappa shape index (κ2) is 4.23. The molecule has 5 heteroatoms. The van der Waals surface area contributed by atoms with Crippen LogP contribution in [0.15, 0.2) is 12.4 Å². The molecule has 2 N–H and O–H groups in total. The number of aromatic nitrogens is 2. The van der Waals surface area contributed by atoms with E-state index in [0.717, 1.165) is 19.4 Å². The van der Waals surface area contributed by atoms with Crippen LogP contribution in [0.3, 0.4) is 0 Å². The lowest BCUT2D eigenvalue weighted by Gasteiger charge is -2.10. The average Bonchev–Trinajstić information content (AvgIpc) is 2.70. The minimum absolute atomic E-state index is 0.215. The third kappa shape index (κ3) is 2.32. The summed E-state index contributed by atoms with van der Waals surface area (Å²) in [6.07, 6.45) is 5.53. The molecule has 0 bridgehead atoms. The molecule has 1 aliphatic rings. The van der Waals surface area contributed by atoms with Crippen LogP contribution in [0.25, 0.3) is 0 Å². The second-order valence-corrected chi connectivity index (χ2v) is 3.22. The SMILES string of the molecule is Nc1ncc(OCC2CCCO2)cn1. The van der Waals surface area contributed by atoms with Crippen molar-refractivity contribution in [3.63, 3.8) is 0 Å². The largest absolute Gasteiger partial charge is 0.488 e. The molecule has 1 saturated heterocycles. The van der Waals surface area contributed by atoms with Crippen LogP contribution in [0.2, 0.25) is 0 Å². The van der Waals surface area contributed by atoms with E-state index in [1.807, 2.05) is 0 Å². The predicted octanol–water partition coefficient (Wildman–Crippen LogP) is 0.617. The Balaban J connectivity index is 1.82. The molecule has 1 aliphatic heterocycles. The zero-order valence-corrected chi connectivity index (χ0v) is 7.85. The first-order chi connectivity index (χ1) is 6.84. The fourth-order valence-electron chi connectivity index (χ4n) is 1.37. The van der Waals surface area contributed by atoms with Crippen molar-refractivity contribution in [2.24, 2.45) is 0 Å². The lowest BCUT2D eigenvalue weighted by Crippen LogP contribution is -2.16. The van der Waals surface area contributed by atoms with Crippen LogP contribution >= 0.6 is 0 Å². The Hall–Kier alpha value is -1.36. The molecule has 0 saturated carbocycles. The average molecular weight is 195 g/mol. The van der Waals surface area contributed by atoms with E-state index in [2.05, 4.69) is 9.97 Å². The molecule has 0 aromatic carbocycles. The lowest BCUT2D eigenvalue weighted by molar-refractivity contribution is 0.0677. The second-order valence-electron chi connectivity index (χ2n) is 3.22. The molecule has 0 amide bonds. The van der Waals surface area contributed by atoms with Gasteiger partial charge in [0.25, 0.3) is 0 Å². The van der Waals surface area contributed by atoms with Crippen LogP contribution in [0.4, 0.5) is 5.95 Å². The molecule has 1 aromatic heterocycles. The fraction of sp³-hybridized carbons (Fsp3) is 0.556. The maximum atomic E-state index is 5.44. The first-order valence-electron chi connectivity index (χ1n) is 4.66. The van der Waals surface area contributed by atoms with Gasteiger partial charge in [0.15, 0.2) is 5.75 Å². The first-order valence-corrected chi connectivity index (χ1v) is 4.66. The van der Waals surface area contributed by atoms with E-state index < -0.39 is 0 Å². The zero-order valence-electron chi connectivity index (χ0n) is 7.85. The van der Waals surface area contributed by atoms with Crippen molar-refractivity contribution in [2.75, 3.05) is 18.9 Å². The highest BCUT2D eigenvalue weighted by Gasteiger charge is 2.15. The molecule has 0 radical (unpaired) electrons. The topological polar surface area (TPSA) is 70.3 Å². The molecule has 2 heterocycles. The van der Waals surface area contributed by atoms with E-state index in [1.165, 1.54) is 0 Å². The lowest BCUT2D eigenvalue weighted by atomic mass is 10.2. The Kier molecular flexibility index (Phi) is 2.78. The summed E-state index contributed by atoms with van der Waals surface area (Å²) in [5, 5.41) is 0. The highest BCUT2D eigenvalue weighted by Crippen LogP contribution is 2.14. The van der Waals surface area contributed by atoms with Crippen molar-refractivity contribution < 1.29 is 9.47 Å². The molecular formula is C9H13N3O2. The van der Waals surface area contributed by atoms with Crippen LogP contribution in [-0.2, 0) is 4.74 Å². The summed E-state index contributed by atoms with van der Waals surface area (Å²) in [6, 6.07) is 0. The summed E-state index contributed by atoms with van der Waals surface area (Å²) in [4.78, 5) is 7.65. The molecule has 14 heavy (non-hydrogen) atoms. The number of nitrogens with zero attached hydrogens (tertiary/aromatic N) is 2. The number of rotatable bonds is 3. The van der Waals surface area contributed by atoms with Crippen molar-refractivity contribution in [1.29, 1.82) is 0 Å². The molecule has 1 atom stereocenters. The maximum Gasteiger partial charge on any atom is 0.220 e. The van der Waals surface area contributed by atoms with Gasteiger partial charge in [-0.15, -0.1) is 0 Å². The van der Waals surface area contributed by atoms with E-state index >= 15 is 0 Å². The van der Waals surface area contributed by atoms with Crippen LogP contribution in [0.1, 0.15) is 12.8 Å². The summed E-state index contributed by atoms with van der Waals surface area (Å²) in [7, 11) is 0. The van der Waals surface area contributed by atoms with E-state index in [9.17, 15) is 0 Å². The van der Waals surface area contributed by atoms with Gasteiger partial charge < -0.3 is 15.2 Å². The Morgan fingerprint density at radius 1 is 1.50 bits per heavy atom. The highest BCUT2D eigenvalue weighted by molar-refractivity contribution is 5.21. The summed E-state index contributed by atoms with van der Waals surface area (Å²) < 4.78 is 10.8. The maximum absolute atomic E-state index is 5.44. The number of nitrogens with two attached hydrogens (primary N) is 1. The Labute approximate surface area is 82.3 Å². The van der Waals surface area contributed by atoms with Crippen molar-refractivity contribution in [3.8, 4) is 5.75 Å². The third-order valence-corrected chi connectivity index (χ3v) is 2.11. The first kappa shape index (κ1) is 9.21. The van der Waals surface area contributed by atoms with Gasteiger partial charge in [-0.05, 0) is 12.8 Å². The molecule has 2 rings (SSSR count). The standard InChI is InChI=1S/C9H13N3O2/c10-9-11-4-8(5-12-9)14-6-7-2-1-3-13-7/h4-5,7H,1-3,6H2,(H2,10,11,12). The molecule has 5 nitrogen and oxygen atoms in total. The van der Waals surface area contributed by atoms with Gasteiger partial charge in [0.2, 0.25) is 5.95 Å². The molecule has 76 valence electrons. The summed E-state index contributed by atoms with van der Waals surface area (Å²) in [5.74, 6) is 0.893. The summed E-state index contributed by atoms with van der Waals surface area (Å²) in [6.45, 7) is 1.40. The minimum Gasteiger partial charge on any atom is -0.488 e. The van der Waals surface area contributed by atoms with E-state index in [1.54, 1.807) is 12.4 Å². The van der Waals surface area contributed by atoms with Crippen molar-refractivity contribution in [2.45, 2.75) is 18.9 Å². The van der Waals surface area contributed by atoms with Crippen LogP contribution < -0.4 is 10.5 Å². The fourth-order valence-corrected chi connectivity index (χ4v) is 1.37. The van der Waals surface area contributed by atoms with E-state index in [0.29, 0.717) is 12.4 Å². The Bertz CT molecular complexity index is 283. The molecule has 0 spiro atoms.